The molecule has 25 nitrogen and oxygen atoms in total. The van der Waals surface area contributed by atoms with Gasteiger partial charge in [0.1, 0.15) is 29.8 Å². The second-order valence-electron chi connectivity index (χ2n) is 26.8. The lowest BCUT2D eigenvalue weighted by Gasteiger charge is -2.47. The fourth-order valence-electron chi connectivity index (χ4n) is 14.1. The van der Waals surface area contributed by atoms with Crippen LogP contribution in [0.4, 0.5) is 24.5 Å². The van der Waals surface area contributed by atoms with Crippen LogP contribution in [0.5, 0.6) is 5.75 Å². The van der Waals surface area contributed by atoms with Crippen LogP contribution in [-0.4, -0.2) is 214 Å². The van der Waals surface area contributed by atoms with E-state index in [-0.39, 0.29) is 130 Å². The van der Waals surface area contributed by atoms with Crippen molar-refractivity contribution in [2.75, 3.05) is 77.9 Å². The number of ketones is 2. The van der Waals surface area contributed by atoms with Crippen molar-refractivity contribution >= 4 is 70.0 Å². The molecule has 2 aromatic carbocycles. The van der Waals surface area contributed by atoms with E-state index >= 15 is 0 Å². The molecule has 4 fully saturated rings. The molecule has 1 saturated carbocycles. The number of aromatic nitrogens is 2. The predicted octanol–water partition coefficient (Wildman–Crippen LogP) is 7.19. The number of rotatable bonds is 18. The van der Waals surface area contributed by atoms with Gasteiger partial charge in [-0.25, -0.2) is 9.48 Å². The Balaban J connectivity index is 0.938. The van der Waals surface area contributed by atoms with Gasteiger partial charge in [-0.05, 0) is 138 Å². The largest absolute Gasteiger partial charge is 0.484 e. The Labute approximate surface area is 584 Å². The van der Waals surface area contributed by atoms with E-state index in [9.17, 15) is 72.0 Å². The third kappa shape index (κ3) is 19.4. The molecule has 4 aliphatic heterocycles. The zero-order valence-electron chi connectivity index (χ0n) is 57.5. The molecule has 1 aromatic heterocycles. The topological polar surface area (TPSA) is 324 Å². The van der Waals surface area contributed by atoms with Gasteiger partial charge in [0.25, 0.3) is 23.5 Å². The number of anilines is 2. The molecule has 8 rings (SSSR count). The van der Waals surface area contributed by atoms with Crippen molar-refractivity contribution in [1.82, 2.24) is 24.5 Å². The maximum absolute atomic E-state index is 14.8. The molecule has 548 valence electrons. The Bertz CT molecular complexity index is 3490. The highest BCUT2D eigenvalue weighted by Gasteiger charge is 2.57. The van der Waals surface area contributed by atoms with Gasteiger partial charge in [-0.15, -0.1) is 0 Å². The number of cyclic esters (lactones) is 1. The average molecular weight is 1430 g/mol. The lowest BCUT2D eigenvalue weighted by molar-refractivity contribution is -0.303. The summed E-state index contributed by atoms with van der Waals surface area (Å²) in [5.41, 5.74) is -0.911. The SMILES string of the molecule is C=CC(=O)Nc1cc(Cl)cc(NC(=O)c2cnn(-c3ccc(OCC(=O)N4CCN(C(=O)CCC[C@@H]5/C=C(\C)C[C@H](OC)C[C@H](OC)[C@H]6O[C@@](O)(C(=O)C(=O)N7CCCC[C@H]7C(=O)O[C@H](/C(C)=C/[C@@H]7CC[C@@H](O)[C@H](CO)C7)[C@H](C)[C@@H](O)CC5=O)[C@H](C)C[C@@H]6OC)CC4)cc3)c2C(F)(F)F)c1. The minimum Gasteiger partial charge on any atom is -0.484 e. The Morgan fingerprint density at radius 2 is 1.51 bits per heavy atom. The molecule has 2 bridgehead atoms. The zero-order chi connectivity index (χ0) is 72.9. The van der Waals surface area contributed by atoms with E-state index in [4.69, 9.17) is 40.0 Å². The normalized spacial score (nSPS) is 29.3. The molecule has 5 heterocycles. The second-order valence-corrected chi connectivity index (χ2v) is 27.2. The quantitative estimate of drug-likeness (QED) is 0.0317. The minimum atomic E-state index is -5.06. The predicted molar refractivity (Wildman–Crippen MR) is 358 cm³/mol. The van der Waals surface area contributed by atoms with Crippen LogP contribution in [0.3, 0.4) is 0 Å². The van der Waals surface area contributed by atoms with Gasteiger partial charge in [0.15, 0.2) is 12.3 Å². The van der Waals surface area contributed by atoms with E-state index in [0.29, 0.717) is 47.9 Å². The maximum atomic E-state index is 14.8. The van der Waals surface area contributed by atoms with Gasteiger partial charge in [-0.1, -0.05) is 49.8 Å². The molecule has 5 amide bonds. The first-order valence-corrected chi connectivity index (χ1v) is 34.3. The Hall–Kier alpha value is -7.41. The number of amides is 5. The third-order valence-corrected chi connectivity index (χ3v) is 20.1. The number of Topliss-reactive ketones (excluding diaryl/α,β-unsaturated/α-hetero) is 2. The molecule has 0 radical (unpaired) electrons. The number of piperidine rings is 1. The summed E-state index contributed by atoms with van der Waals surface area (Å²) in [6, 6.07) is 7.87. The van der Waals surface area contributed by atoms with Crippen molar-refractivity contribution < 1.29 is 100 Å². The smallest absolute Gasteiger partial charge is 0.434 e. The lowest BCUT2D eigenvalue weighted by atomic mass is 9.78. The van der Waals surface area contributed by atoms with Gasteiger partial charge in [0.05, 0.1) is 48.0 Å². The van der Waals surface area contributed by atoms with Crippen molar-refractivity contribution in [3.63, 3.8) is 0 Å². The Kier molecular flexibility index (Phi) is 27.4. The molecule has 1 aliphatic carbocycles. The number of nitrogens with zero attached hydrogens (tertiary/aromatic N) is 5. The maximum Gasteiger partial charge on any atom is 0.434 e. The van der Waals surface area contributed by atoms with Crippen molar-refractivity contribution in [2.45, 2.75) is 172 Å². The zero-order valence-corrected chi connectivity index (χ0v) is 58.2. The first kappa shape index (κ1) is 78.3. The van der Waals surface area contributed by atoms with E-state index in [1.165, 1.54) is 68.7 Å². The van der Waals surface area contributed by atoms with Crippen LogP contribution in [0.2, 0.25) is 5.02 Å². The van der Waals surface area contributed by atoms with Crippen molar-refractivity contribution in [1.29, 1.82) is 0 Å². The van der Waals surface area contributed by atoms with Gasteiger partial charge >= 0.3 is 12.1 Å². The van der Waals surface area contributed by atoms with Gasteiger partial charge in [0.2, 0.25) is 17.6 Å². The molecule has 14 atom stereocenters. The number of aliphatic hydroxyl groups is 4. The first-order chi connectivity index (χ1) is 47.5. The fourth-order valence-corrected chi connectivity index (χ4v) is 14.3. The summed E-state index contributed by atoms with van der Waals surface area (Å²) in [6.45, 7) is 10.1. The molecular weight excluding hydrogens is 1330 g/mol. The number of nitrogens with one attached hydrogen (secondary N) is 2. The minimum absolute atomic E-state index is 0.0113. The first-order valence-electron chi connectivity index (χ1n) is 33.9. The molecule has 3 saturated heterocycles. The van der Waals surface area contributed by atoms with Crippen LogP contribution >= 0.6 is 11.6 Å². The lowest BCUT2D eigenvalue weighted by Crippen LogP contribution is -2.64. The molecule has 0 spiro atoms. The monoisotopic (exact) mass is 1420 g/mol. The summed E-state index contributed by atoms with van der Waals surface area (Å²) in [5.74, 6) is -11.9. The highest BCUT2D eigenvalue weighted by molar-refractivity contribution is 6.39. The van der Waals surface area contributed by atoms with Gasteiger partial charge < -0.3 is 74.2 Å². The molecule has 29 heteroatoms. The summed E-state index contributed by atoms with van der Waals surface area (Å²) < 4.78 is 80.7. The van der Waals surface area contributed by atoms with Gasteiger partial charge in [0, 0.05) is 120 Å². The van der Waals surface area contributed by atoms with Crippen LogP contribution in [0.1, 0.15) is 127 Å². The van der Waals surface area contributed by atoms with Crippen LogP contribution in [-0.2, 0) is 63.4 Å². The number of methoxy groups -OCH3 is 3. The van der Waals surface area contributed by atoms with Crippen molar-refractivity contribution in [3.05, 3.63) is 101 Å². The van der Waals surface area contributed by atoms with E-state index in [2.05, 4.69) is 22.3 Å². The number of alkyl halides is 3. The van der Waals surface area contributed by atoms with E-state index in [0.717, 1.165) is 17.2 Å². The highest BCUT2D eigenvalue weighted by atomic mass is 35.5. The van der Waals surface area contributed by atoms with E-state index in [1.807, 2.05) is 13.0 Å². The summed E-state index contributed by atoms with van der Waals surface area (Å²) in [7, 11) is 4.39. The van der Waals surface area contributed by atoms with Crippen molar-refractivity contribution in [2.24, 2.45) is 29.6 Å². The standard InChI is InChI=1S/C71H93ClF3N7O18/c1-9-60(87)77-48-32-47(72)33-49(34-48)78-67(91)53-37-76-82(65(53)71(73,74)75)50-17-19-51(20-18-50)98-39-62(89)80-25-23-79(24-26-80)61(88)15-12-13-45-27-40(2)28-52(95-6)35-59(97-8)64-58(96-7)30-42(4)70(94,100-64)66(90)68(92)81-22-11-10-14-54(81)69(93)99-63(43(5)56(85)36-57(45)86)41(3)29-44-16-21-55(84)46(31-44)38-83/h9,17-20,27,29,32-34,37,42-46,52,54-56,58-59,63-64,83-85,94H,1,10-16,21-26,28,30-31,35-36,38-39H2,2-8H3,(H,77,87)(H,78,91)/b40-27+,41-29+/t42-,43-,44+,45-,46+,52+,54+,55-,56+,58+,59+,63-,64+,70-/m1/s1. The third-order valence-electron chi connectivity index (χ3n) is 19.9. The molecule has 6 N–H and O–H groups in total. The second kappa shape index (κ2) is 35.0. The molecular formula is C71H93ClF3N7O18. The van der Waals surface area contributed by atoms with Crippen LogP contribution in [0.15, 0.2) is 84.6 Å². The number of halogens is 4. The average Bonchev–Trinajstić information content (AvgIpc) is 0.815. The number of carbonyl (C=O) groups is 8. The van der Waals surface area contributed by atoms with Gasteiger partial charge in [-0.2, -0.15) is 18.3 Å². The summed E-state index contributed by atoms with van der Waals surface area (Å²) in [5, 5.41) is 53.9. The van der Waals surface area contributed by atoms with Crippen LogP contribution in [0, 0.1) is 29.6 Å². The molecule has 5 aliphatic rings. The van der Waals surface area contributed by atoms with Crippen molar-refractivity contribution in [3.8, 4) is 11.4 Å². The van der Waals surface area contributed by atoms with Crippen LogP contribution < -0.4 is 15.4 Å². The number of esters is 1. The highest BCUT2D eigenvalue weighted by Crippen LogP contribution is 2.41. The number of ether oxygens (including phenoxy) is 6. The number of piperazine rings is 1. The number of hydrogen-bond donors (Lipinski definition) is 6. The number of carbonyl (C=O) groups excluding carboxylic acids is 8. The van der Waals surface area contributed by atoms with Gasteiger partial charge in [-0.3, -0.25) is 33.6 Å². The van der Waals surface area contributed by atoms with Crippen LogP contribution in [0.25, 0.3) is 5.69 Å². The molecule has 0 unspecified atom stereocenters. The number of hydrogen-bond acceptors (Lipinski definition) is 19. The van der Waals surface area contributed by atoms with E-state index in [1.54, 1.807) is 31.7 Å². The summed E-state index contributed by atoms with van der Waals surface area (Å²) in [4.78, 5) is 115. The number of benzene rings is 2. The molecule has 3 aromatic rings. The fraction of sp³-hybridized carbons (Fsp3) is 0.592. The Morgan fingerprint density at radius 1 is 0.850 bits per heavy atom. The summed E-state index contributed by atoms with van der Waals surface area (Å²) in [6.07, 6.45) is -3.32. The Morgan fingerprint density at radius 3 is 2.15 bits per heavy atom. The number of fused-ring (bicyclic) bond motifs is 3. The van der Waals surface area contributed by atoms with E-state index < -0.39 is 144 Å². The summed E-state index contributed by atoms with van der Waals surface area (Å²) >= 11 is 6.14. The number of aliphatic hydroxyl groups excluding tert-OH is 3. The number of allylic oxidation sites excluding steroid dienone is 2. The molecule has 100 heavy (non-hydrogen) atoms.